The number of aliphatic carboxylic acids is 1. The first kappa shape index (κ1) is 27.3. The molecule has 4 rings (SSSR count). The number of nitrogens with one attached hydrogen (secondary N) is 1. The van der Waals surface area contributed by atoms with Crippen LogP contribution in [0.25, 0.3) is 17.5 Å². The van der Waals surface area contributed by atoms with Gasteiger partial charge in [-0.1, -0.05) is 46.9 Å². The van der Waals surface area contributed by atoms with Crippen LogP contribution in [0.5, 0.6) is 11.5 Å². The third-order valence-corrected chi connectivity index (χ3v) is 7.26. The van der Waals surface area contributed by atoms with Crippen LogP contribution >= 0.6 is 62.5 Å². The monoisotopic (exact) mass is 639 g/mol. The standard InChI is InChI=1S/C25H17BrCl3N3O4S/c1-35-20-7-5-15(27)10-17(20)23-30-25(32-31-23)37-22(24(33)34)9-13-2-6-21(18(26)8-13)36-12-14-3-4-16(28)11-19(14)29/h2-11H,12H2,1H3,(H,33,34)(H,30,31,32)/b22-9-. The minimum Gasteiger partial charge on any atom is -0.496 e. The van der Waals surface area contributed by atoms with Crippen molar-refractivity contribution in [3.63, 3.8) is 0 Å². The van der Waals surface area contributed by atoms with Crippen LogP contribution in [0.1, 0.15) is 11.1 Å². The second-order valence-electron chi connectivity index (χ2n) is 7.44. The van der Waals surface area contributed by atoms with Gasteiger partial charge in [0.15, 0.2) is 5.82 Å². The number of hydrogen-bond acceptors (Lipinski definition) is 6. The minimum atomic E-state index is -1.12. The zero-order valence-corrected chi connectivity index (χ0v) is 23.6. The van der Waals surface area contributed by atoms with Crippen LogP contribution in [0.4, 0.5) is 0 Å². The summed E-state index contributed by atoms with van der Waals surface area (Å²) in [7, 11) is 1.53. The van der Waals surface area contributed by atoms with Gasteiger partial charge in [0.05, 0.1) is 17.1 Å². The lowest BCUT2D eigenvalue weighted by atomic mass is 10.2. The average Bonchev–Trinajstić information content (AvgIpc) is 3.32. The molecule has 0 aliphatic carbocycles. The number of carboxylic acid groups (broad SMARTS) is 1. The summed E-state index contributed by atoms with van der Waals surface area (Å²) >= 11 is 22.6. The number of aromatic amines is 1. The van der Waals surface area contributed by atoms with Crippen LogP contribution in [0.3, 0.4) is 0 Å². The van der Waals surface area contributed by atoms with Crippen molar-refractivity contribution in [1.82, 2.24) is 15.2 Å². The highest BCUT2D eigenvalue weighted by molar-refractivity contribution is 9.10. The van der Waals surface area contributed by atoms with Gasteiger partial charge in [-0.25, -0.2) is 9.78 Å². The van der Waals surface area contributed by atoms with Gasteiger partial charge in [-0.15, -0.1) is 5.10 Å². The topological polar surface area (TPSA) is 97.3 Å². The second kappa shape index (κ2) is 12.2. The zero-order chi connectivity index (χ0) is 26.5. The van der Waals surface area contributed by atoms with E-state index in [1.165, 1.54) is 13.2 Å². The summed E-state index contributed by atoms with van der Waals surface area (Å²) < 4.78 is 11.9. The van der Waals surface area contributed by atoms with E-state index in [1.54, 1.807) is 54.6 Å². The first-order chi connectivity index (χ1) is 17.7. The van der Waals surface area contributed by atoms with Crippen LogP contribution in [0, 0.1) is 0 Å². The second-order valence-corrected chi connectivity index (χ2v) is 10.6. The molecule has 0 aliphatic rings. The van der Waals surface area contributed by atoms with Crippen molar-refractivity contribution in [2.75, 3.05) is 7.11 Å². The Morgan fingerprint density at radius 1 is 1.08 bits per heavy atom. The maximum atomic E-state index is 11.9. The Hall–Kier alpha value is -2.69. The summed E-state index contributed by atoms with van der Waals surface area (Å²) in [5.74, 6) is 0.403. The highest BCUT2D eigenvalue weighted by atomic mass is 79.9. The highest BCUT2D eigenvalue weighted by Crippen LogP contribution is 2.34. The van der Waals surface area contributed by atoms with Crippen molar-refractivity contribution in [2.45, 2.75) is 11.8 Å². The third kappa shape index (κ3) is 7.00. The molecular formula is C25H17BrCl3N3O4S. The van der Waals surface area contributed by atoms with E-state index >= 15 is 0 Å². The molecule has 0 spiro atoms. The Bertz CT molecular complexity index is 1500. The van der Waals surface area contributed by atoms with Crippen LogP contribution < -0.4 is 9.47 Å². The van der Waals surface area contributed by atoms with Crippen molar-refractivity contribution in [3.05, 3.63) is 90.2 Å². The highest BCUT2D eigenvalue weighted by Gasteiger charge is 2.17. The number of nitrogens with zero attached hydrogens (tertiary/aromatic N) is 2. The lowest BCUT2D eigenvalue weighted by Crippen LogP contribution is -1.98. The van der Waals surface area contributed by atoms with Gasteiger partial charge < -0.3 is 14.6 Å². The van der Waals surface area contributed by atoms with Gasteiger partial charge >= 0.3 is 5.97 Å². The number of H-pyrrole nitrogens is 1. The minimum absolute atomic E-state index is 0.0251. The fourth-order valence-corrected chi connectivity index (χ4v) is 5.03. The third-order valence-electron chi connectivity index (χ3n) is 4.95. The molecule has 0 saturated carbocycles. The number of ether oxygens (including phenoxy) is 2. The Labute approximate surface area is 239 Å². The number of carboxylic acids is 1. The van der Waals surface area contributed by atoms with Crippen molar-refractivity contribution in [1.29, 1.82) is 0 Å². The number of hydrogen-bond donors (Lipinski definition) is 2. The van der Waals surface area contributed by atoms with E-state index in [0.717, 1.165) is 17.3 Å². The zero-order valence-electron chi connectivity index (χ0n) is 19.0. The molecule has 190 valence electrons. The molecule has 2 N–H and O–H groups in total. The van der Waals surface area contributed by atoms with Gasteiger partial charge in [0.25, 0.3) is 0 Å². The van der Waals surface area contributed by atoms with Gasteiger partial charge in [-0.05, 0) is 81.8 Å². The molecule has 3 aromatic carbocycles. The number of rotatable bonds is 9. The van der Waals surface area contributed by atoms with Crippen LogP contribution in [-0.4, -0.2) is 33.4 Å². The molecule has 1 aromatic heterocycles. The number of methoxy groups -OCH3 is 1. The molecule has 0 amide bonds. The molecule has 7 nitrogen and oxygen atoms in total. The Balaban J connectivity index is 1.50. The van der Waals surface area contributed by atoms with Crippen LogP contribution in [0.2, 0.25) is 15.1 Å². The quantitative estimate of drug-likeness (QED) is 0.141. The van der Waals surface area contributed by atoms with Crippen LogP contribution in [-0.2, 0) is 11.4 Å². The van der Waals surface area contributed by atoms with Crippen molar-refractivity contribution < 1.29 is 19.4 Å². The van der Waals surface area contributed by atoms with E-state index in [2.05, 4.69) is 31.1 Å². The Kier molecular flexibility index (Phi) is 9.04. The molecular weight excluding hydrogens is 625 g/mol. The van der Waals surface area contributed by atoms with Gasteiger partial charge in [-0.2, -0.15) is 0 Å². The Morgan fingerprint density at radius 3 is 2.51 bits per heavy atom. The van der Waals surface area contributed by atoms with E-state index in [0.29, 0.717) is 48.0 Å². The molecule has 0 atom stereocenters. The number of benzene rings is 3. The summed E-state index contributed by atoms with van der Waals surface area (Å²) in [6.07, 6.45) is 1.52. The predicted molar refractivity (Wildman–Crippen MR) is 150 cm³/mol. The molecule has 0 saturated heterocycles. The largest absolute Gasteiger partial charge is 0.496 e. The number of carbonyl (C=O) groups is 1. The fourth-order valence-electron chi connectivity index (χ4n) is 3.18. The first-order valence-electron chi connectivity index (χ1n) is 10.5. The lowest BCUT2D eigenvalue weighted by molar-refractivity contribution is -0.131. The van der Waals surface area contributed by atoms with Crippen molar-refractivity contribution in [3.8, 4) is 22.9 Å². The number of aromatic nitrogens is 3. The van der Waals surface area contributed by atoms with Crippen molar-refractivity contribution in [2.24, 2.45) is 0 Å². The summed E-state index contributed by atoms with van der Waals surface area (Å²) in [5, 5.41) is 18.5. The molecule has 0 aliphatic heterocycles. The van der Waals surface area contributed by atoms with Gasteiger partial charge in [0, 0.05) is 20.6 Å². The molecule has 0 unspecified atom stereocenters. The fraction of sp³-hybridized carbons (Fsp3) is 0.0800. The van der Waals surface area contributed by atoms with E-state index in [-0.39, 0.29) is 16.7 Å². The predicted octanol–water partition coefficient (Wildman–Crippen LogP) is 8.00. The molecule has 1 heterocycles. The van der Waals surface area contributed by atoms with Gasteiger partial charge in [-0.3, -0.25) is 5.10 Å². The summed E-state index contributed by atoms with van der Waals surface area (Å²) in [6, 6.07) is 15.5. The summed E-state index contributed by atoms with van der Waals surface area (Å²) in [6.45, 7) is 0.241. The molecule has 0 bridgehead atoms. The first-order valence-corrected chi connectivity index (χ1v) is 13.2. The Morgan fingerprint density at radius 2 is 1.81 bits per heavy atom. The van der Waals surface area contributed by atoms with Crippen LogP contribution in [0.15, 0.2) is 69.1 Å². The number of thioether (sulfide) groups is 1. The van der Waals surface area contributed by atoms with E-state index < -0.39 is 5.97 Å². The summed E-state index contributed by atoms with van der Waals surface area (Å²) in [5.41, 5.74) is 2.03. The molecule has 12 heteroatoms. The van der Waals surface area contributed by atoms with Crippen molar-refractivity contribution >= 4 is 74.5 Å². The summed E-state index contributed by atoms with van der Waals surface area (Å²) in [4.78, 5) is 16.4. The maximum Gasteiger partial charge on any atom is 0.342 e. The molecule has 37 heavy (non-hydrogen) atoms. The molecule has 4 aromatic rings. The van der Waals surface area contributed by atoms with Gasteiger partial charge in [0.1, 0.15) is 23.0 Å². The SMILES string of the molecule is COc1ccc(Cl)cc1-c1nc(S/C(=C\c2ccc(OCc3ccc(Cl)cc3Cl)c(Br)c2)C(=O)O)n[nH]1. The maximum absolute atomic E-state index is 11.9. The van der Waals surface area contributed by atoms with E-state index in [4.69, 9.17) is 44.3 Å². The average molecular weight is 642 g/mol. The molecule has 0 fully saturated rings. The molecule has 0 radical (unpaired) electrons. The lowest BCUT2D eigenvalue weighted by Gasteiger charge is -2.10. The smallest absolute Gasteiger partial charge is 0.342 e. The van der Waals surface area contributed by atoms with E-state index in [1.807, 2.05) is 0 Å². The number of halogens is 4. The van der Waals surface area contributed by atoms with E-state index in [9.17, 15) is 9.90 Å². The van der Waals surface area contributed by atoms with Gasteiger partial charge in [0.2, 0.25) is 5.16 Å². The normalized spacial score (nSPS) is 11.4.